The predicted molar refractivity (Wildman–Crippen MR) is 111 cm³/mol. The highest BCUT2D eigenvalue weighted by Gasteiger charge is 2.13. The van der Waals surface area contributed by atoms with Crippen molar-refractivity contribution < 1.29 is 9.53 Å². The molecule has 0 radical (unpaired) electrons. The van der Waals surface area contributed by atoms with Crippen molar-refractivity contribution in [3.63, 3.8) is 0 Å². The standard InChI is InChI=1S/C22H18N2O2S/c1-14-6-5-7-15(12-14)21(25)23-18-13-16(10-11-19(18)26-2)22-24-17-8-3-4-9-20(17)27-22/h3-13H,1-2H3,(H,23,25). The van der Waals surface area contributed by atoms with E-state index in [-0.39, 0.29) is 5.91 Å². The Labute approximate surface area is 161 Å². The lowest BCUT2D eigenvalue weighted by molar-refractivity contribution is 0.102. The molecule has 0 saturated heterocycles. The Bertz CT molecular complexity index is 1100. The largest absolute Gasteiger partial charge is 0.495 e. The molecule has 134 valence electrons. The molecule has 0 spiro atoms. The molecule has 1 heterocycles. The first-order valence-corrected chi connectivity index (χ1v) is 9.38. The Kier molecular flexibility index (Phi) is 4.60. The van der Waals surface area contributed by atoms with Crippen LogP contribution in [0.5, 0.6) is 5.75 Å². The first-order valence-electron chi connectivity index (χ1n) is 8.56. The van der Waals surface area contributed by atoms with E-state index in [1.54, 1.807) is 24.5 Å². The first kappa shape index (κ1) is 17.2. The Morgan fingerprint density at radius 1 is 1.04 bits per heavy atom. The molecule has 27 heavy (non-hydrogen) atoms. The number of amides is 1. The Balaban J connectivity index is 1.69. The van der Waals surface area contributed by atoms with Crippen molar-refractivity contribution in [2.45, 2.75) is 6.92 Å². The number of carbonyl (C=O) groups is 1. The SMILES string of the molecule is COc1ccc(-c2nc3ccccc3s2)cc1NC(=O)c1cccc(C)c1. The predicted octanol–water partition coefficient (Wildman–Crippen LogP) is 5.53. The van der Waals surface area contributed by atoms with Crippen LogP contribution in [0.15, 0.2) is 66.7 Å². The Hall–Kier alpha value is -3.18. The third-order valence-corrected chi connectivity index (χ3v) is 5.35. The normalized spacial score (nSPS) is 10.7. The number of para-hydroxylation sites is 1. The third-order valence-electron chi connectivity index (χ3n) is 4.27. The summed E-state index contributed by atoms with van der Waals surface area (Å²) in [5.74, 6) is 0.444. The van der Waals surface area contributed by atoms with Gasteiger partial charge in [-0.3, -0.25) is 4.79 Å². The molecule has 0 unspecified atom stereocenters. The van der Waals surface area contributed by atoms with Gasteiger partial charge in [0.2, 0.25) is 0 Å². The number of hydrogen-bond acceptors (Lipinski definition) is 4. The molecule has 0 bridgehead atoms. The minimum Gasteiger partial charge on any atom is -0.495 e. The molecular formula is C22H18N2O2S. The van der Waals surface area contributed by atoms with E-state index in [1.807, 2.05) is 61.5 Å². The van der Waals surface area contributed by atoms with Crippen LogP contribution in [0.3, 0.4) is 0 Å². The van der Waals surface area contributed by atoms with E-state index in [9.17, 15) is 4.79 Å². The molecule has 0 fully saturated rings. The maximum atomic E-state index is 12.6. The van der Waals surface area contributed by atoms with Gasteiger partial charge in [0.05, 0.1) is 23.0 Å². The van der Waals surface area contributed by atoms with Gasteiger partial charge in [-0.05, 0) is 49.4 Å². The van der Waals surface area contributed by atoms with Gasteiger partial charge in [-0.25, -0.2) is 4.98 Å². The number of nitrogens with zero attached hydrogens (tertiary/aromatic N) is 1. The molecule has 0 aliphatic rings. The molecule has 3 aromatic carbocycles. The van der Waals surface area contributed by atoms with Gasteiger partial charge >= 0.3 is 0 Å². The summed E-state index contributed by atoms with van der Waals surface area (Å²) in [7, 11) is 1.59. The van der Waals surface area contributed by atoms with Crippen LogP contribution in [0.25, 0.3) is 20.8 Å². The molecule has 0 atom stereocenters. The van der Waals surface area contributed by atoms with Crippen LogP contribution in [-0.2, 0) is 0 Å². The summed E-state index contributed by atoms with van der Waals surface area (Å²) in [6.07, 6.45) is 0. The topological polar surface area (TPSA) is 51.2 Å². The number of aromatic nitrogens is 1. The van der Waals surface area contributed by atoms with Crippen LogP contribution >= 0.6 is 11.3 Å². The molecular weight excluding hydrogens is 356 g/mol. The molecule has 0 saturated carbocycles. The van der Waals surface area contributed by atoms with Crippen molar-refractivity contribution in [2.24, 2.45) is 0 Å². The van der Waals surface area contributed by atoms with E-state index in [4.69, 9.17) is 9.72 Å². The quantitative estimate of drug-likeness (QED) is 0.511. The van der Waals surface area contributed by atoms with E-state index < -0.39 is 0 Å². The number of carbonyl (C=O) groups excluding carboxylic acids is 1. The highest BCUT2D eigenvalue weighted by atomic mass is 32.1. The van der Waals surface area contributed by atoms with Gasteiger partial charge < -0.3 is 10.1 Å². The average Bonchev–Trinajstić information content (AvgIpc) is 3.12. The van der Waals surface area contributed by atoms with Gasteiger partial charge in [0.1, 0.15) is 10.8 Å². The summed E-state index contributed by atoms with van der Waals surface area (Å²) >= 11 is 1.63. The van der Waals surface area contributed by atoms with Crippen molar-refractivity contribution in [3.8, 4) is 16.3 Å². The number of rotatable bonds is 4. The lowest BCUT2D eigenvalue weighted by atomic mass is 10.1. The number of benzene rings is 3. The van der Waals surface area contributed by atoms with Crippen LogP contribution in [0.2, 0.25) is 0 Å². The molecule has 4 nitrogen and oxygen atoms in total. The number of thiazole rings is 1. The van der Waals surface area contributed by atoms with Crippen molar-refractivity contribution in [1.82, 2.24) is 4.98 Å². The number of aryl methyl sites for hydroxylation is 1. The smallest absolute Gasteiger partial charge is 0.255 e. The van der Waals surface area contributed by atoms with Crippen LogP contribution in [-0.4, -0.2) is 18.0 Å². The molecule has 5 heteroatoms. The zero-order valence-electron chi connectivity index (χ0n) is 15.0. The first-order chi connectivity index (χ1) is 13.1. The van der Waals surface area contributed by atoms with E-state index in [0.29, 0.717) is 17.0 Å². The lowest BCUT2D eigenvalue weighted by Gasteiger charge is -2.12. The molecule has 4 rings (SSSR count). The van der Waals surface area contributed by atoms with E-state index >= 15 is 0 Å². The second-order valence-corrected chi connectivity index (χ2v) is 7.26. The van der Waals surface area contributed by atoms with Gasteiger partial charge in [-0.15, -0.1) is 11.3 Å². The highest BCUT2D eigenvalue weighted by Crippen LogP contribution is 2.35. The van der Waals surface area contributed by atoms with Crippen molar-refractivity contribution >= 4 is 33.1 Å². The van der Waals surface area contributed by atoms with Crippen LogP contribution in [0.1, 0.15) is 15.9 Å². The van der Waals surface area contributed by atoms with Gasteiger partial charge in [-0.2, -0.15) is 0 Å². The number of ether oxygens (including phenoxy) is 1. The van der Waals surface area contributed by atoms with Crippen LogP contribution in [0.4, 0.5) is 5.69 Å². The number of anilines is 1. The fraction of sp³-hybridized carbons (Fsp3) is 0.0909. The summed E-state index contributed by atoms with van der Waals surface area (Å²) in [5, 5.41) is 3.87. The zero-order chi connectivity index (χ0) is 18.8. The fourth-order valence-corrected chi connectivity index (χ4v) is 3.88. The summed E-state index contributed by atoms with van der Waals surface area (Å²) in [6, 6.07) is 21.3. The van der Waals surface area contributed by atoms with Gasteiger partial charge in [0.25, 0.3) is 5.91 Å². The second-order valence-electron chi connectivity index (χ2n) is 6.23. The van der Waals surface area contributed by atoms with Crippen LogP contribution < -0.4 is 10.1 Å². The summed E-state index contributed by atoms with van der Waals surface area (Å²) in [4.78, 5) is 17.3. The zero-order valence-corrected chi connectivity index (χ0v) is 15.8. The van der Waals surface area contributed by atoms with Gasteiger partial charge in [0.15, 0.2) is 0 Å². The van der Waals surface area contributed by atoms with E-state index in [0.717, 1.165) is 26.4 Å². The Morgan fingerprint density at radius 2 is 1.89 bits per heavy atom. The maximum absolute atomic E-state index is 12.6. The molecule has 0 aliphatic carbocycles. The summed E-state index contributed by atoms with van der Waals surface area (Å²) in [5.41, 5.74) is 4.19. The number of nitrogens with one attached hydrogen (secondary N) is 1. The molecule has 4 aromatic rings. The molecule has 1 amide bonds. The second kappa shape index (κ2) is 7.21. The molecule has 0 aliphatic heterocycles. The minimum absolute atomic E-state index is 0.168. The van der Waals surface area contributed by atoms with Gasteiger partial charge in [-0.1, -0.05) is 29.8 Å². The highest BCUT2D eigenvalue weighted by molar-refractivity contribution is 7.21. The molecule has 1 aromatic heterocycles. The maximum Gasteiger partial charge on any atom is 0.255 e. The summed E-state index contributed by atoms with van der Waals surface area (Å²) in [6.45, 7) is 1.96. The lowest BCUT2D eigenvalue weighted by Crippen LogP contribution is -2.12. The number of hydrogen-bond donors (Lipinski definition) is 1. The van der Waals surface area contributed by atoms with Gasteiger partial charge in [0, 0.05) is 11.1 Å². The third kappa shape index (κ3) is 3.55. The van der Waals surface area contributed by atoms with Crippen molar-refractivity contribution in [1.29, 1.82) is 0 Å². The number of methoxy groups -OCH3 is 1. The Morgan fingerprint density at radius 3 is 2.67 bits per heavy atom. The number of fused-ring (bicyclic) bond motifs is 1. The van der Waals surface area contributed by atoms with Crippen molar-refractivity contribution in [3.05, 3.63) is 77.9 Å². The average molecular weight is 374 g/mol. The minimum atomic E-state index is -0.168. The monoisotopic (exact) mass is 374 g/mol. The van der Waals surface area contributed by atoms with E-state index in [2.05, 4.69) is 11.4 Å². The van der Waals surface area contributed by atoms with Crippen LogP contribution in [0, 0.1) is 6.92 Å². The summed E-state index contributed by atoms with van der Waals surface area (Å²) < 4.78 is 6.56. The fourth-order valence-electron chi connectivity index (χ4n) is 2.92. The molecule has 1 N–H and O–H groups in total. The van der Waals surface area contributed by atoms with Crippen molar-refractivity contribution in [2.75, 3.05) is 12.4 Å². The van der Waals surface area contributed by atoms with E-state index in [1.165, 1.54) is 0 Å².